The maximum Gasteiger partial charge on any atom is 0.133 e. The molecule has 0 aromatic heterocycles. The van der Waals surface area contributed by atoms with Crippen molar-refractivity contribution in [3.8, 4) is 0 Å². The summed E-state index contributed by atoms with van der Waals surface area (Å²) in [6.45, 7) is 6.04. The van der Waals surface area contributed by atoms with Crippen molar-refractivity contribution in [2.45, 2.75) is 46.5 Å². The topological polar surface area (TPSA) is 17.1 Å². The predicted octanol–water partition coefficient (Wildman–Crippen LogP) is 4.01. The largest absolute Gasteiger partial charge is 0.300 e. The molecule has 0 unspecified atom stereocenters. The highest BCUT2D eigenvalue weighted by molar-refractivity contribution is 5.78. The molecule has 1 nitrogen and oxygen atoms in total. The number of rotatable bonds is 5. The van der Waals surface area contributed by atoms with Gasteiger partial charge in [0.1, 0.15) is 5.78 Å². The molecular weight excluding hydrogens is 184 g/mol. The van der Waals surface area contributed by atoms with Gasteiger partial charge in [-0.3, -0.25) is 4.79 Å². The first-order chi connectivity index (χ1) is 7.33. The van der Waals surface area contributed by atoms with Crippen LogP contribution in [0.25, 0.3) is 0 Å². The second kappa shape index (κ2) is 9.45. The number of aryl methyl sites for hydroxylation is 1. The quantitative estimate of drug-likeness (QED) is 0.711. The van der Waals surface area contributed by atoms with Crippen LogP contribution in [0.2, 0.25) is 0 Å². The zero-order chi connectivity index (χ0) is 11.5. The maximum atomic E-state index is 11.2. The van der Waals surface area contributed by atoms with E-state index < -0.39 is 0 Å². The molecule has 1 aromatic carbocycles. The van der Waals surface area contributed by atoms with Crippen molar-refractivity contribution >= 4 is 5.78 Å². The number of hydrogen-bond acceptors (Lipinski definition) is 1. The molecule has 0 amide bonds. The van der Waals surface area contributed by atoms with Gasteiger partial charge in [-0.25, -0.2) is 0 Å². The summed E-state index contributed by atoms with van der Waals surface area (Å²) in [7, 11) is 0. The summed E-state index contributed by atoms with van der Waals surface area (Å²) in [5.74, 6) is 0.381. The molecule has 0 saturated carbocycles. The third kappa shape index (κ3) is 6.89. The summed E-state index contributed by atoms with van der Waals surface area (Å²) in [6.07, 6.45) is 3.28. The van der Waals surface area contributed by atoms with Crippen molar-refractivity contribution in [2.75, 3.05) is 0 Å². The number of carbonyl (C=O) groups is 1. The average Bonchev–Trinajstić information content (AvgIpc) is 2.31. The molecule has 0 N–H and O–H groups in total. The normalized spacial score (nSPS) is 9.00. The van der Waals surface area contributed by atoms with E-state index in [1.54, 1.807) is 0 Å². The second-order valence-corrected chi connectivity index (χ2v) is 3.27. The summed E-state index contributed by atoms with van der Waals surface area (Å²) < 4.78 is 0. The molecule has 0 bridgehead atoms. The molecule has 1 rings (SSSR count). The molecule has 0 aliphatic rings. The fraction of sp³-hybridized carbons (Fsp3) is 0.500. The Morgan fingerprint density at radius 1 is 1.07 bits per heavy atom. The van der Waals surface area contributed by atoms with Gasteiger partial charge in [0.25, 0.3) is 0 Å². The fourth-order valence-corrected chi connectivity index (χ4v) is 1.33. The number of Topliss-reactive ketones (excluding diaryl/α,β-unsaturated/α-hetero) is 1. The number of benzene rings is 1. The molecule has 0 spiro atoms. The summed E-state index contributed by atoms with van der Waals surface area (Å²) in [6, 6.07) is 10.2. The van der Waals surface area contributed by atoms with E-state index in [2.05, 4.69) is 12.1 Å². The lowest BCUT2D eigenvalue weighted by molar-refractivity contribution is -0.119. The number of carbonyl (C=O) groups excluding carboxylic acids is 1. The Bertz CT molecular complexity index is 251. The van der Waals surface area contributed by atoms with Gasteiger partial charge in [-0.2, -0.15) is 0 Å². The van der Waals surface area contributed by atoms with Gasteiger partial charge < -0.3 is 0 Å². The van der Waals surface area contributed by atoms with Crippen molar-refractivity contribution in [3.05, 3.63) is 35.9 Å². The monoisotopic (exact) mass is 206 g/mol. The van der Waals surface area contributed by atoms with E-state index in [0.717, 1.165) is 19.3 Å². The molecule has 0 atom stereocenters. The molecule has 0 heterocycles. The Hall–Kier alpha value is -1.11. The summed E-state index contributed by atoms with van der Waals surface area (Å²) in [4.78, 5) is 11.2. The van der Waals surface area contributed by atoms with Gasteiger partial charge in [-0.1, -0.05) is 51.1 Å². The van der Waals surface area contributed by atoms with E-state index in [0.29, 0.717) is 12.2 Å². The Morgan fingerprint density at radius 2 is 1.67 bits per heavy atom. The Kier molecular flexibility index (Phi) is 8.75. The first-order valence-electron chi connectivity index (χ1n) is 5.88. The van der Waals surface area contributed by atoms with Crippen LogP contribution in [-0.4, -0.2) is 5.78 Å². The van der Waals surface area contributed by atoms with Crippen molar-refractivity contribution < 1.29 is 4.79 Å². The predicted molar refractivity (Wildman–Crippen MR) is 66.0 cm³/mol. The van der Waals surface area contributed by atoms with E-state index in [-0.39, 0.29) is 0 Å². The molecular formula is C14H22O. The standard InChI is InChI=1S/C12H16O.C2H6/c1-2-6-12(13)10-9-11-7-4-3-5-8-11;1-2/h3-5,7-8H,2,6,9-10H2,1H3;1-2H3. The van der Waals surface area contributed by atoms with Crippen LogP contribution in [0.5, 0.6) is 0 Å². The van der Waals surface area contributed by atoms with Crippen LogP contribution >= 0.6 is 0 Å². The van der Waals surface area contributed by atoms with Crippen LogP contribution in [0.1, 0.15) is 45.6 Å². The third-order valence-corrected chi connectivity index (χ3v) is 2.06. The van der Waals surface area contributed by atoms with Gasteiger partial charge in [0.05, 0.1) is 0 Å². The van der Waals surface area contributed by atoms with Gasteiger partial charge in [-0.15, -0.1) is 0 Å². The second-order valence-electron chi connectivity index (χ2n) is 3.27. The highest BCUT2D eigenvalue weighted by atomic mass is 16.1. The minimum absolute atomic E-state index is 0.381. The van der Waals surface area contributed by atoms with Crippen molar-refractivity contribution in [2.24, 2.45) is 0 Å². The molecule has 0 saturated heterocycles. The maximum absolute atomic E-state index is 11.2. The van der Waals surface area contributed by atoms with Gasteiger partial charge in [0.15, 0.2) is 0 Å². The Morgan fingerprint density at radius 3 is 2.20 bits per heavy atom. The molecule has 84 valence electrons. The summed E-state index contributed by atoms with van der Waals surface area (Å²) in [5.41, 5.74) is 1.26. The van der Waals surface area contributed by atoms with E-state index in [9.17, 15) is 4.79 Å². The highest BCUT2D eigenvalue weighted by Gasteiger charge is 2.00. The lowest BCUT2D eigenvalue weighted by Gasteiger charge is -1.99. The molecule has 0 aliphatic heterocycles. The molecule has 1 aromatic rings. The summed E-state index contributed by atoms with van der Waals surface area (Å²) >= 11 is 0. The third-order valence-electron chi connectivity index (χ3n) is 2.06. The van der Waals surface area contributed by atoms with E-state index in [4.69, 9.17) is 0 Å². The van der Waals surface area contributed by atoms with Crippen LogP contribution in [0.3, 0.4) is 0 Å². The van der Waals surface area contributed by atoms with Crippen LogP contribution < -0.4 is 0 Å². The Balaban J connectivity index is 0.000000921. The minimum Gasteiger partial charge on any atom is -0.300 e. The van der Waals surface area contributed by atoms with Crippen LogP contribution in [0, 0.1) is 0 Å². The van der Waals surface area contributed by atoms with Gasteiger partial charge in [-0.05, 0) is 18.4 Å². The lowest BCUT2D eigenvalue weighted by atomic mass is 10.1. The minimum atomic E-state index is 0.381. The lowest BCUT2D eigenvalue weighted by Crippen LogP contribution is -1.98. The van der Waals surface area contributed by atoms with Crippen molar-refractivity contribution in [1.29, 1.82) is 0 Å². The zero-order valence-corrected chi connectivity index (χ0v) is 10.1. The van der Waals surface area contributed by atoms with E-state index in [1.807, 2.05) is 39.0 Å². The SMILES string of the molecule is CC.CCCC(=O)CCc1ccccc1. The summed E-state index contributed by atoms with van der Waals surface area (Å²) in [5, 5.41) is 0. The van der Waals surface area contributed by atoms with E-state index in [1.165, 1.54) is 5.56 Å². The van der Waals surface area contributed by atoms with Crippen LogP contribution in [0.15, 0.2) is 30.3 Å². The Labute approximate surface area is 93.5 Å². The number of hydrogen-bond donors (Lipinski definition) is 0. The smallest absolute Gasteiger partial charge is 0.133 e. The van der Waals surface area contributed by atoms with E-state index >= 15 is 0 Å². The fourth-order valence-electron chi connectivity index (χ4n) is 1.33. The van der Waals surface area contributed by atoms with Crippen LogP contribution in [-0.2, 0) is 11.2 Å². The molecule has 0 fully saturated rings. The first-order valence-corrected chi connectivity index (χ1v) is 5.88. The van der Waals surface area contributed by atoms with Crippen LogP contribution in [0.4, 0.5) is 0 Å². The van der Waals surface area contributed by atoms with Gasteiger partial charge in [0, 0.05) is 12.8 Å². The van der Waals surface area contributed by atoms with Crippen molar-refractivity contribution in [1.82, 2.24) is 0 Å². The molecule has 1 heteroatoms. The van der Waals surface area contributed by atoms with Gasteiger partial charge >= 0.3 is 0 Å². The highest BCUT2D eigenvalue weighted by Crippen LogP contribution is 2.04. The average molecular weight is 206 g/mol. The van der Waals surface area contributed by atoms with Gasteiger partial charge in [0.2, 0.25) is 0 Å². The molecule has 0 radical (unpaired) electrons. The molecule has 0 aliphatic carbocycles. The first kappa shape index (κ1) is 13.9. The number of ketones is 1. The van der Waals surface area contributed by atoms with Crippen molar-refractivity contribution in [3.63, 3.8) is 0 Å². The molecule has 15 heavy (non-hydrogen) atoms. The zero-order valence-electron chi connectivity index (χ0n) is 10.1.